The summed E-state index contributed by atoms with van der Waals surface area (Å²) in [6.07, 6.45) is 0. The number of aryl methyl sites for hydroxylation is 2. The van der Waals surface area contributed by atoms with Crippen molar-refractivity contribution >= 4 is 11.8 Å². The largest absolute Gasteiger partial charge is 0.493 e. The van der Waals surface area contributed by atoms with Crippen LogP contribution in [-0.2, 0) is 5.75 Å². The molecule has 3 rings (SSSR count). The van der Waals surface area contributed by atoms with Gasteiger partial charge in [-0.2, -0.15) is 0 Å². The van der Waals surface area contributed by atoms with E-state index in [1.165, 1.54) is 11.8 Å². The molecule has 0 amide bonds. The molecule has 2 heterocycles. The molecule has 2 aromatic heterocycles. The molecule has 0 radical (unpaired) electrons. The van der Waals surface area contributed by atoms with Crippen molar-refractivity contribution in [3.8, 4) is 17.2 Å². The summed E-state index contributed by atoms with van der Waals surface area (Å²) in [5, 5.41) is 0.580. The highest BCUT2D eigenvalue weighted by Gasteiger charge is 2.16. The molecule has 26 heavy (non-hydrogen) atoms. The number of para-hydroxylation sites is 1. The SMILES string of the molecule is CCOc1ccccc1-c1nc(CSc2nc(C)c(C)c(=O)[nH]2)c(C)o1. The van der Waals surface area contributed by atoms with E-state index in [2.05, 4.69) is 15.0 Å². The predicted octanol–water partition coefficient (Wildman–Crippen LogP) is 4.04. The summed E-state index contributed by atoms with van der Waals surface area (Å²) < 4.78 is 11.5. The van der Waals surface area contributed by atoms with Gasteiger partial charge in [-0.3, -0.25) is 4.79 Å². The molecule has 0 aliphatic heterocycles. The number of aromatic amines is 1. The smallest absolute Gasteiger partial charge is 0.254 e. The van der Waals surface area contributed by atoms with Gasteiger partial charge in [0.1, 0.15) is 11.5 Å². The highest BCUT2D eigenvalue weighted by atomic mass is 32.2. The van der Waals surface area contributed by atoms with E-state index in [-0.39, 0.29) is 5.56 Å². The summed E-state index contributed by atoms with van der Waals surface area (Å²) in [6.45, 7) is 7.99. The Kier molecular flexibility index (Phi) is 5.46. The Bertz CT molecular complexity index is 978. The second-order valence-corrected chi connectivity index (χ2v) is 6.79. The van der Waals surface area contributed by atoms with Gasteiger partial charge in [0.25, 0.3) is 5.56 Å². The Morgan fingerprint density at radius 2 is 1.96 bits per heavy atom. The van der Waals surface area contributed by atoms with Crippen LogP contribution in [0.3, 0.4) is 0 Å². The third-order valence-corrected chi connectivity index (χ3v) is 4.91. The molecule has 0 fully saturated rings. The lowest BCUT2D eigenvalue weighted by Gasteiger charge is -2.06. The monoisotopic (exact) mass is 371 g/mol. The van der Waals surface area contributed by atoms with Crippen LogP contribution in [0.1, 0.15) is 29.6 Å². The van der Waals surface area contributed by atoms with Crippen molar-refractivity contribution in [2.24, 2.45) is 0 Å². The van der Waals surface area contributed by atoms with Gasteiger partial charge in [-0.25, -0.2) is 9.97 Å². The van der Waals surface area contributed by atoms with E-state index in [0.717, 1.165) is 28.5 Å². The predicted molar refractivity (Wildman–Crippen MR) is 102 cm³/mol. The number of benzene rings is 1. The van der Waals surface area contributed by atoms with Crippen LogP contribution in [0.4, 0.5) is 0 Å². The zero-order valence-electron chi connectivity index (χ0n) is 15.3. The molecule has 0 atom stereocenters. The zero-order chi connectivity index (χ0) is 18.7. The molecule has 6 nitrogen and oxygen atoms in total. The number of rotatable bonds is 6. The zero-order valence-corrected chi connectivity index (χ0v) is 16.1. The second-order valence-electron chi connectivity index (χ2n) is 5.82. The van der Waals surface area contributed by atoms with Crippen LogP contribution < -0.4 is 10.3 Å². The Balaban J connectivity index is 1.82. The molecule has 136 valence electrons. The van der Waals surface area contributed by atoms with E-state index >= 15 is 0 Å². The number of aromatic nitrogens is 3. The normalized spacial score (nSPS) is 10.9. The maximum atomic E-state index is 11.9. The van der Waals surface area contributed by atoms with Crippen molar-refractivity contribution in [3.63, 3.8) is 0 Å². The van der Waals surface area contributed by atoms with Gasteiger partial charge in [0, 0.05) is 17.0 Å². The molecule has 0 unspecified atom stereocenters. The van der Waals surface area contributed by atoms with Crippen molar-refractivity contribution in [2.75, 3.05) is 6.61 Å². The average Bonchev–Trinajstić information content (AvgIpc) is 2.99. The molecule has 7 heteroatoms. The van der Waals surface area contributed by atoms with E-state index in [1.54, 1.807) is 6.92 Å². The van der Waals surface area contributed by atoms with Gasteiger partial charge in [-0.1, -0.05) is 23.9 Å². The van der Waals surface area contributed by atoms with Crippen LogP contribution in [0.2, 0.25) is 0 Å². The number of thioether (sulfide) groups is 1. The van der Waals surface area contributed by atoms with Gasteiger partial charge in [-0.05, 0) is 39.8 Å². The van der Waals surface area contributed by atoms with Crippen molar-refractivity contribution < 1.29 is 9.15 Å². The fraction of sp³-hybridized carbons (Fsp3) is 0.316. The maximum Gasteiger partial charge on any atom is 0.254 e. The molecule has 0 aliphatic carbocycles. The Hall–Kier alpha value is -2.54. The fourth-order valence-electron chi connectivity index (χ4n) is 2.43. The molecule has 1 N–H and O–H groups in total. The van der Waals surface area contributed by atoms with Crippen molar-refractivity contribution in [1.29, 1.82) is 0 Å². The van der Waals surface area contributed by atoms with Crippen LogP contribution in [0.25, 0.3) is 11.5 Å². The molecule has 0 bridgehead atoms. The molecule has 3 aromatic rings. The molecule has 1 aromatic carbocycles. The van der Waals surface area contributed by atoms with Crippen molar-refractivity contribution in [1.82, 2.24) is 15.0 Å². The summed E-state index contributed by atoms with van der Waals surface area (Å²) in [7, 11) is 0. The quantitative estimate of drug-likeness (QED) is 0.520. The van der Waals surface area contributed by atoms with Gasteiger partial charge >= 0.3 is 0 Å². The van der Waals surface area contributed by atoms with Gasteiger partial charge in [0.2, 0.25) is 5.89 Å². The van der Waals surface area contributed by atoms with Gasteiger partial charge in [0.05, 0.1) is 17.9 Å². The first kappa shape index (κ1) is 18.3. The number of nitrogens with one attached hydrogen (secondary N) is 1. The summed E-state index contributed by atoms with van der Waals surface area (Å²) in [5.74, 6) is 2.57. The van der Waals surface area contributed by atoms with Gasteiger partial charge in [0.15, 0.2) is 5.16 Å². The summed E-state index contributed by atoms with van der Waals surface area (Å²) in [6, 6.07) is 7.67. The third-order valence-electron chi connectivity index (χ3n) is 4.03. The fourth-order valence-corrected chi connectivity index (χ4v) is 3.33. The van der Waals surface area contributed by atoms with E-state index in [9.17, 15) is 4.79 Å². The number of hydrogen-bond donors (Lipinski definition) is 1. The standard InChI is InChI=1S/C19H21N3O3S/c1-5-24-16-9-7-6-8-14(16)18-21-15(13(4)25-18)10-26-19-20-12(3)11(2)17(23)22-19/h6-9H,5,10H2,1-4H3,(H,20,22,23). The number of hydrogen-bond acceptors (Lipinski definition) is 6. The second kappa shape index (κ2) is 7.78. The number of H-pyrrole nitrogens is 1. The highest BCUT2D eigenvalue weighted by Crippen LogP contribution is 2.32. The minimum Gasteiger partial charge on any atom is -0.493 e. The van der Waals surface area contributed by atoms with Gasteiger partial charge in [-0.15, -0.1) is 0 Å². The van der Waals surface area contributed by atoms with Gasteiger partial charge < -0.3 is 14.1 Å². The molecular formula is C19H21N3O3S. The lowest BCUT2D eigenvalue weighted by atomic mass is 10.2. The lowest BCUT2D eigenvalue weighted by molar-refractivity contribution is 0.340. The van der Waals surface area contributed by atoms with Crippen LogP contribution in [0, 0.1) is 20.8 Å². The van der Waals surface area contributed by atoms with Crippen LogP contribution >= 0.6 is 11.8 Å². The van der Waals surface area contributed by atoms with E-state index < -0.39 is 0 Å². The maximum absolute atomic E-state index is 11.9. The minimum absolute atomic E-state index is 0.108. The highest BCUT2D eigenvalue weighted by molar-refractivity contribution is 7.98. The molecule has 0 spiro atoms. The first-order valence-electron chi connectivity index (χ1n) is 8.38. The van der Waals surface area contributed by atoms with E-state index in [4.69, 9.17) is 9.15 Å². The average molecular weight is 371 g/mol. The molecular weight excluding hydrogens is 350 g/mol. The Morgan fingerprint density at radius 1 is 1.19 bits per heavy atom. The summed E-state index contributed by atoms with van der Waals surface area (Å²) in [5.41, 5.74) is 2.91. The first-order valence-corrected chi connectivity index (χ1v) is 9.37. The third kappa shape index (κ3) is 3.83. The Morgan fingerprint density at radius 3 is 2.69 bits per heavy atom. The molecule has 0 saturated heterocycles. The number of oxazole rings is 1. The Labute approximate surface area is 156 Å². The van der Waals surface area contributed by atoms with E-state index in [0.29, 0.717) is 29.0 Å². The van der Waals surface area contributed by atoms with Crippen LogP contribution in [0.15, 0.2) is 38.6 Å². The number of ether oxygens (including phenoxy) is 1. The minimum atomic E-state index is -0.108. The van der Waals surface area contributed by atoms with Crippen molar-refractivity contribution in [2.45, 2.75) is 38.6 Å². The van der Waals surface area contributed by atoms with Crippen molar-refractivity contribution in [3.05, 3.63) is 57.3 Å². The first-order chi connectivity index (χ1) is 12.5. The number of nitrogens with zero attached hydrogens (tertiary/aromatic N) is 2. The van der Waals surface area contributed by atoms with Crippen LogP contribution in [-0.4, -0.2) is 21.6 Å². The van der Waals surface area contributed by atoms with E-state index in [1.807, 2.05) is 45.0 Å². The summed E-state index contributed by atoms with van der Waals surface area (Å²) >= 11 is 1.43. The lowest BCUT2D eigenvalue weighted by Crippen LogP contribution is -2.14. The summed E-state index contributed by atoms with van der Waals surface area (Å²) in [4.78, 5) is 23.7. The molecule has 0 aliphatic rings. The molecule has 0 saturated carbocycles. The topological polar surface area (TPSA) is 81.0 Å². The van der Waals surface area contributed by atoms with Crippen LogP contribution in [0.5, 0.6) is 5.75 Å².